The zero-order chi connectivity index (χ0) is 9.80. The van der Waals surface area contributed by atoms with Crippen LogP contribution in [0.2, 0.25) is 0 Å². The Morgan fingerprint density at radius 2 is 2.36 bits per heavy atom. The fourth-order valence-electron chi connectivity index (χ4n) is 1.78. The van der Waals surface area contributed by atoms with E-state index in [1.54, 1.807) is 0 Å². The van der Waals surface area contributed by atoms with E-state index in [9.17, 15) is 0 Å². The number of hydrogen-bond acceptors (Lipinski definition) is 3. The van der Waals surface area contributed by atoms with Gasteiger partial charge in [0.05, 0.1) is 0 Å². The third kappa shape index (κ3) is 2.53. The molecular weight excluding hydrogens is 174 g/mol. The number of pyridine rings is 1. The van der Waals surface area contributed by atoms with Crippen molar-refractivity contribution in [2.24, 2.45) is 0 Å². The van der Waals surface area contributed by atoms with Gasteiger partial charge < -0.3 is 10.2 Å². The van der Waals surface area contributed by atoms with Crippen molar-refractivity contribution in [2.75, 3.05) is 26.7 Å². The van der Waals surface area contributed by atoms with Gasteiger partial charge >= 0.3 is 0 Å². The molecule has 0 aromatic carbocycles. The quantitative estimate of drug-likeness (QED) is 0.752. The Hall–Kier alpha value is -0.930. The first kappa shape index (κ1) is 9.62. The molecule has 0 spiro atoms. The Bertz CT molecular complexity index is 267. The second-order valence-electron chi connectivity index (χ2n) is 3.94. The Kier molecular flexibility index (Phi) is 3.11. The van der Waals surface area contributed by atoms with Crippen LogP contribution in [0.4, 0.5) is 0 Å². The topological polar surface area (TPSA) is 28.2 Å². The van der Waals surface area contributed by atoms with E-state index in [0.29, 0.717) is 6.04 Å². The van der Waals surface area contributed by atoms with Gasteiger partial charge in [0.1, 0.15) is 0 Å². The van der Waals surface area contributed by atoms with E-state index < -0.39 is 0 Å². The van der Waals surface area contributed by atoms with Crippen LogP contribution in [0.1, 0.15) is 5.69 Å². The fourth-order valence-corrected chi connectivity index (χ4v) is 1.78. The summed E-state index contributed by atoms with van der Waals surface area (Å²) in [7, 11) is 2.15. The molecule has 0 saturated carbocycles. The van der Waals surface area contributed by atoms with Gasteiger partial charge in [-0.3, -0.25) is 4.98 Å². The van der Waals surface area contributed by atoms with Crippen molar-refractivity contribution in [3.05, 3.63) is 30.1 Å². The standard InChI is InChI=1S/C11H17N3/c1-14-8-11(9-14)13-7-5-10-4-2-3-6-12-10/h2-4,6,11,13H,5,7-9H2,1H3. The summed E-state index contributed by atoms with van der Waals surface area (Å²) in [6.45, 7) is 3.40. The second-order valence-corrected chi connectivity index (χ2v) is 3.94. The number of nitrogens with zero attached hydrogens (tertiary/aromatic N) is 2. The zero-order valence-corrected chi connectivity index (χ0v) is 8.61. The highest BCUT2D eigenvalue weighted by Gasteiger charge is 2.21. The molecule has 1 aromatic rings. The van der Waals surface area contributed by atoms with Gasteiger partial charge in [0.25, 0.3) is 0 Å². The predicted octanol–water partition coefficient (Wildman–Crippen LogP) is 0.528. The molecule has 0 radical (unpaired) electrons. The highest BCUT2D eigenvalue weighted by molar-refractivity contribution is 5.03. The monoisotopic (exact) mass is 191 g/mol. The Labute approximate surface area is 85.1 Å². The summed E-state index contributed by atoms with van der Waals surface area (Å²) >= 11 is 0. The normalized spacial score (nSPS) is 18.1. The van der Waals surface area contributed by atoms with Crippen molar-refractivity contribution >= 4 is 0 Å². The maximum Gasteiger partial charge on any atom is 0.0416 e. The Morgan fingerprint density at radius 3 is 3.00 bits per heavy atom. The van der Waals surface area contributed by atoms with E-state index in [-0.39, 0.29) is 0 Å². The van der Waals surface area contributed by atoms with E-state index in [2.05, 4.69) is 28.3 Å². The molecule has 0 unspecified atom stereocenters. The van der Waals surface area contributed by atoms with E-state index in [4.69, 9.17) is 0 Å². The van der Waals surface area contributed by atoms with E-state index in [0.717, 1.165) is 13.0 Å². The lowest BCUT2D eigenvalue weighted by molar-refractivity contribution is 0.163. The van der Waals surface area contributed by atoms with Crippen LogP contribution >= 0.6 is 0 Å². The molecular formula is C11H17N3. The summed E-state index contributed by atoms with van der Waals surface area (Å²) in [5.41, 5.74) is 1.17. The maximum atomic E-state index is 4.28. The molecule has 1 N–H and O–H groups in total. The minimum Gasteiger partial charge on any atom is -0.311 e. The van der Waals surface area contributed by atoms with Gasteiger partial charge in [0, 0.05) is 44.0 Å². The summed E-state index contributed by atoms with van der Waals surface area (Å²) in [4.78, 5) is 6.60. The number of hydrogen-bond donors (Lipinski definition) is 1. The van der Waals surface area contributed by atoms with Crippen LogP contribution in [0.25, 0.3) is 0 Å². The highest BCUT2D eigenvalue weighted by Crippen LogP contribution is 2.03. The Morgan fingerprint density at radius 1 is 1.50 bits per heavy atom. The molecule has 76 valence electrons. The lowest BCUT2D eigenvalue weighted by Gasteiger charge is -2.36. The Balaban J connectivity index is 1.64. The number of rotatable bonds is 4. The summed E-state index contributed by atoms with van der Waals surface area (Å²) < 4.78 is 0. The average Bonchev–Trinajstić information content (AvgIpc) is 2.17. The summed E-state index contributed by atoms with van der Waals surface area (Å²) in [6.07, 6.45) is 2.88. The molecule has 1 aromatic heterocycles. The van der Waals surface area contributed by atoms with Crippen molar-refractivity contribution in [1.82, 2.24) is 15.2 Å². The molecule has 0 aliphatic carbocycles. The number of aromatic nitrogens is 1. The molecule has 0 amide bonds. The van der Waals surface area contributed by atoms with Gasteiger partial charge in [-0.15, -0.1) is 0 Å². The molecule has 3 heteroatoms. The van der Waals surface area contributed by atoms with Crippen molar-refractivity contribution < 1.29 is 0 Å². The molecule has 1 saturated heterocycles. The molecule has 1 aliphatic rings. The van der Waals surface area contributed by atoms with Gasteiger partial charge in [0.15, 0.2) is 0 Å². The largest absolute Gasteiger partial charge is 0.311 e. The summed E-state index contributed by atoms with van der Waals surface area (Å²) in [5.74, 6) is 0. The summed E-state index contributed by atoms with van der Waals surface area (Å²) in [5, 5.41) is 3.52. The molecule has 0 bridgehead atoms. The molecule has 0 atom stereocenters. The fraction of sp³-hybridized carbons (Fsp3) is 0.545. The van der Waals surface area contributed by atoms with Crippen LogP contribution in [-0.4, -0.2) is 42.6 Å². The molecule has 2 heterocycles. The zero-order valence-electron chi connectivity index (χ0n) is 8.61. The molecule has 1 fully saturated rings. The van der Waals surface area contributed by atoms with Gasteiger partial charge in [-0.05, 0) is 19.2 Å². The first-order valence-corrected chi connectivity index (χ1v) is 5.16. The molecule has 3 nitrogen and oxygen atoms in total. The highest BCUT2D eigenvalue weighted by atomic mass is 15.2. The van der Waals surface area contributed by atoms with E-state index in [1.165, 1.54) is 18.8 Å². The summed E-state index contributed by atoms with van der Waals surface area (Å²) in [6, 6.07) is 6.77. The number of likely N-dealkylation sites (tertiary alicyclic amines) is 1. The smallest absolute Gasteiger partial charge is 0.0416 e. The van der Waals surface area contributed by atoms with Crippen LogP contribution in [0.15, 0.2) is 24.4 Å². The second kappa shape index (κ2) is 4.53. The first-order valence-electron chi connectivity index (χ1n) is 5.16. The molecule has 2 rings (SSSR count). The van der Waals surface area contributed by atoms with E-state index >= 15 is 0 Å². The van der Waals surface area contributed by atoms with Crippen LogP contribution < -0.4 is 5.32 Å². The maximum absolute atomic E-state index is 4.28. The van der Waals surface area contributed by atoms with Gasteiger partial charge in [-0.25, -0.2) is 0 Å². The van der Waals surface area contributed by atoms with Crippen molar-refractivity contribution in [2.45, 2.75) is 12.5 Å². The van der Waals surface area contributed by atoms with Crippen molar-refractivity contribution in [3.8, 4) is 0 Å². The van der Waals surface area contributed by atoms with Gasteiger partial charge in [-0.2, -0.15) is 0 Å². The minimum absolute atomic E-state index is 0.698. The van der Waals surface area contributed by atoms with Crippen LogP contribution in [0, 0.1) is 0 Å². The predicted molar refractivity (Wildman–Crippen MR) is 57.2 cm³/mol. The third-order valence-electron chi connectivity index (χ3n) is 2.60. The number of nitrogens with one attached hydrogen (secondary N) is 1. The van der Waals surface area contributed by atoms with Crippen molar-refractivity contribution in [1.29, 1.82) is 0 Å². The van der Waals surface area contributed by atoms with Crippen LogP contribution in [-0.2, 0) is 6.42 Å². The molecule has 1 aliphatic heterocycles. The SMILES string of the molecule is CN1CC(NCCc2ccccn2)C1. The number of likely N-dealkylation sites (N-methyl/N-ethyl adjacent to an activating group) is 1. The lowest BCUT2D eigenvalue weighted by atomic mass is 10.1. The first-order chi connectivity index (χ1) is 6.84. The average molecular weight is 191 g/mol. The lowest BCUT2D eigenvalue weighted by Crippen LogP contribution is -2.56. The van der Waals surface area contributed by atoms with Gasteiger partial charge in [-0.1, -0.05) is 6.07 Å². The van der Waals surface area contributed by atoms with Crippen LogP contribution in [0.3, 0.4) is 0 Å². The van der Waals surface area contributed by atoms with Gasteiger partial charge in [0.2, 0.25) is 0 Å². The third-order valence-corrected chi connectivity index (χ3v) is 2.60. The minimum atomic E-state index is 0.698. The van der Waals surface area contributed by atoms with Crippen molar-refractivity contribution in [3.63, 3.8) is 0 Å². The van der Waals surface area contributed by atoms with E-state index in [1.807, 2.05) is 18.3 Å². The molecule has 14 heavy (non-hydrogen) atoms. The van der Waals surface area contributed by atoms with Crippen LogP contribution in [0.5, 0.6) is 0 Å².